The van der Waals surface area contributed by atoms with Crippen LogP contribution in [0.3, 0.4) is 0 Å². The van der Waals surface area contributed by atoms with E-state index in [1.807, 2.05) is 24.3 Å². The van der Waals surface area contributed by atoms with Crippen LogP contribution in [-0.4, -0.2) is 12.4 Å². The van der Waals surface area contributed by atoms with Crippen LogP contribution < -0.4 is 0 Å². The Morgan fingerprint density at radius 3 is 2.58 bits per heavy atom. The van der Waals surface area contributed by atoms with Crippen LogP contribution in [0.4, 0.5) is 0 Å². The molecule has 0 radical (unpaired) electrons. The molecule has 0 atom stereocenters. The number of Topliss-reactive ketones (excluding diaryl/α,β-unsaturated/α-hetero) is 1. The molecular formula is C15H12BrClO2. The molecule has 0 heterocycles. The topological polar surface area (TPSA) is 26.3 Å². The number of carbonyl (C=O) groups excluding carboxylic acids is 1. The van der Waals surface area contributed by atoms with Crippen LogP contribution in [-0.2, 0) is 11.3 Å². The minimum Gasteiger partial charge on any atom is -0.369 e. The number of ketones is 1. The van der Waals surface area contributed by atoms with E-state index in [1.54, 1.807) is 24.3 Å². The van der Waals surface area contributed by atoms with Crippen molar-refractivity contribution in [2.24, 2.45) is 0 Å². The average Bonchev–Trinajstić information content (AvgIpc) is 2.41. The standard InChI is InChI=1S/C15H12BrClO2/c16-13-3-1-2-12(8-13)15(18)10-19-9-11-4-6-14(17)7-5-11/h1-8H,9-10H2. The van der Waals surface area contributed by atoms with Gasteiger partial charge in [-0.25, -0.2) is 0 Å². The Morgan fingerprint density at radius 2 is 1.89 bits per heavy atom. The van der Waals surface area contributed by atoms with Gasteiger partial charge in [0.2, 0.25) is 0 Å². The van der Waals surface area contributed by atoms with Gasteiger partial charge in [0.15, 0.2) is 5.78 Å². The monoisotopic (exact) mass is 338 g/mol. The summed E-state index contributed by atoms with van der Waals surface area (Å²) < 4.78 is 6.29. The number of hydrogen-bond donors (Lipinski definition) is 0. The Labute approximate surface area is 125 Å². The molecule has 2 aromatic carbocycles. The first-order valence-corrected chi connectivity index (χ1v) is 6.93. The molecule has 0 amide bonds. The van der Waals surface area contributed by atoms with Crippen molar-refractivity contribution in [1.29, 1.82) is 0 Å². The van der Waals surface area contributed by atoms with Gasteiger partial charge in [0.05, 0.1) is 6.61 Å². The number of hydrogen-bond acceptors (Lipinski definition) is 2. The molecule has 0 aliphatic rings. The van der Waals surface area contributed by atoms with Crippen molar-refractivity contribution in [2.45, 2.75) is 6.61 Å². The van der Waals surface area contributed by atoms with Crippen LogP contribution in [0.25, 0.3) is 0 Å². The minimum absolute atomic E-state index is 0.0322. The fourth-order valence-corrected chi connectivity index (χ4v) is 2.11. The van der Waals surface area contributed by atoms with Crippen LogP contribution >= 0.6 is 27.5 Å². The SMILES string of the molecule is O=C(COCc1ccc(Cl)cc1)c1cccc(Br)c1. The van der Waals surface area contributed by atoms with E-state index >= 15 is 0 Å². The highest BCUT2D eigenvalue weighted by molar-refractivity contribution is 9.10. The van der Waals surface area contributed by atoms with E-state index in [4.69, 9.17) is 16.3 Å². The predicted molar refractivity (Wildman–Crippen MR) is 79.6 cm³/mol. The summed E-state index contributed by atoms with van der Waals surface area (Å²) in [5.74, 6) is -0.0322. The quantitative estimate of drug-likeness (QED) is 0.750. The summed E-state index contributed by atoms with van der Waals surface area (Å²) in [4.78, 5) is 11.9. The van der Waals surface area contributed by atoms with Gasteiger partial charge in [-0.2, -0.15) is 0 Å². The lowest BCUT2D eigenvalue weighted by Crippen LogP contribution is -2.09. The van der Waals surface area contributed by atoms with Crippen molar-refractivity contribution in [3.63, 3.8) is 0 Å². The van der Waals surface area contributed by atoms with Gasteiger partial charge >= 0.3 is 0 Å². The van der Waals surface area contributed by atoms with E-state index in [9.17, 15) is 4.79 Å². The third kappa shape index (κ3) is 4.46. The summed E-state index contributed by atoms with van der Waals surface area (Å²) in [5, 5.41) is 0.689. The summed E-state index contributed by atoms with van der Waals surface area (Å²) in [6.45, 7) is 0.468. The summed E-state index contributed by atoms with van der Waals surface area (Å²) in [6, 6.07) is 14.6. The van der Waals surface area contributed by atoms with Gasteiger partial charge in [0, 0.05) is 15.1 Å². The highest BCUT2D eigenvalue weighted by atomic mass is 79.9. The molecular weight excluding hydrogens is 328 g/mol. The second kappa shape index (κ2) is 6.85. The Balaban J connectivity index is 1.86. The lowest BCUT2D eigenvalue weighted by Gasteiger charge is -2.04. The summed E-state index contributed by atoms with van der Waals surface area (Å²) >= 11 is 9.13. The van der Waals surface area contributed by atoms with Crippen molar-refractivity contribution >= 4 is 33.3 Å². The van der Waals surface area contributed by atoms with Crippen molar-refractivity contribution < 1.29 is 9.53 Å². The molecule has 0 aliphatic heterocycles. The van der Waals surface area contributed by atoms with E-state index in [2.05, 4.69) is 15.9 Å². The van der Waals surface area contributed by atoms with Crippen LogP contribution in [0.1, 0.15) is 15.9 Å². The Morgan fingerprint density at radius 1 is 1.16 bits per heavy atom. The number of benzene rings is 2. The van der Waals surface area contributed by atoms with Gasteiger partial charge in [-0.15, -0.1) is 0 Å². The van der Waals surface area contributed by atoms with Crippen molar-refractivity contribution in [2.75, 3.05) is 6.61 Å². The Kier molecular flexibility index (Phi) is 5.14. The van der Waals surface area contributed by atoms with Crippen LogP contribution in [0.5, 0.6) is 0 Å². The molecule has 2 nitrogen and oxygen atoms in total. The number of halogens is 2. The van der Waals surface area contributed by atoms with E-state index in [0.717, 1.165) is 10.0 Å². The lowest BCUT2D eigenvalue weighted by atomic mass is 10.1. The Hall–Kier alpha value is -1.16. The lowest BCUT2D eigenvalue weighted by molar-refractivity contribution is 0.0726. The van der Waals surface area contributed by atoms with Crippen LogP contribution in [0.15, 0.2) is 53.0 Å². The highest BCUT2D eigenvalue weighted by Gasteiger charge is 2.06. The maximum absolute atomic E-state index is 11.9. The second-order valence-corrected chi connectivity index (χ2v) is 5.40. The van der Waals surface area contributed by atoms with Gasteiger partial charge in [-0.3, -0.25) is 4.79 Å². The van der Waals surface area contributed by atoms with Crippen molar-refractivity contribution in [3.05, 3.63) is 69.2 Å². The zero-order valence-electron chi connectivity index (χ0n) is 10.1. The highest BCUT2D eigenvalue weighted by Crippen LogP contribution is 2.13. The maximum atomic E-state index is 11.9. The molecule has 4 heteroatoms. The molecule has 0 aromatic heterocycles. The fourth-order valence-electron chi connectivity index (χ4n) is 1.59. The summed E-state index contributed by atoms with van der Waals surface area (Å²) in [6.07, 6.45) is 0. The zero-order chi connectivity index (χ0) is 13.7. The summed E-state index contributed by atoms with van der Waals surface area (Å²) in [7, 11) is 0. The van der Waals surface area contributed by atoms with Gasteiger partial charge in [-0.1, -0.05) is 51.8 Å². The number of carbonyl (C=O) groups is 1. The van der Waals surface area contributed by atoms with Crippen molar-refractivity contribution in [3.8, 4) is 0 Å². The van der Waals surface area contributed by atoms with Gasteiger partial charge in [0.25, 0.3) is 0 Å². The fraction of sp³-hybridized carbons (Fsp3) is 0.133. The molecule has 0 fully saturated rings. The normalized spacial score (nSPS) is 10.4. The van der Waals surface area contributed by atoms with Crippen LogP contribution in [0.2, 0.25) is 5.02 Å². The predicted octanol–water partition coefficient (Wildman–Crippen LogP) is 4.50. The maximum Gasteiger partial charge on any atom is 0.188 e. The van der Waals surface area contributed by atoms with E-state index in [-0.39, 0.29) is 12.4 Å². The minimum atomic E-state index is -0.0322. The van der Waals surface area contributed by atoms with Crippen molar-refractivity contribution in [1.82, 2.24) is 0 Å². The molecule has 98 valence electrons. The molecule has 0 spiro atoms. The molecule has 0 N–H and O–H groups in total. The molecule has 0 saturated carbocycles. The first-order valence-electron chi connectivity index (χ1n) is 5.76. The van der Waals surface area contributed by atoms with Gasteiger partial charge in [0.1, 0.15) is 6.61 Å². The van der Waals surface area contributed by atoms with E-state index in [0.29, 0.717) is 17.2 Å². The van der Waals surface area contributed by atoms with E-state index < -0.39 is 0 Å². The third-order valence-electron chi connectivity index (χ3n) is 2.56. The average molecular weight is 340 g/mol. The summed E-state index contributed by atoms with van der Waals surface area (Å²) in [5.41, 5.74) is 1.64. The second-order valence-electron chi connectivity index (χ2n) is 4.05. The number of ether oxygens (including phenoxy) is 1. The molecule has 19 heavy (non-hydrogen) atoms. The molecule has 0 bridgehead atoms. The zero-order valence-corrected chi connectivity index (χ0v) is 12.4. The molecule has 2 aromatic rings. The van der Waals surface area contributed by atoms with Crippen LogP contribution in [0, 0.1) is 0 Å². The molecule has 0 unspecified atom stereocenters. The third-order valence-corrected chi connectivity index (χ3v) is 3.31. The first-order chi connectivity index (χ1) is 9.15. The molecule has 0 saturated heterocycles. The smallest absolute Gasteiger partial charge is 0.188 e. The first kappa shape index (κ1) is 14.3. The van der Waals surface area contributed by atoms with E-state index in [1.165, 1.54) is 0 Å². The van der Waals surface area contributed by atoms with Gasteiger partial charge in [-0.05, 0) is 29.8 Å². The molecule has 2 rings (SSSR count). The molecule has 0 aliphatic carbocycles. The Bertz CT molecular complexity index is 567. The largest absolute Gasteiger partial charge is 0.369 e. The number of rotatable bonds is 5. The van der Waals surface area contributed by atoms with Gasteiger partial charge < -0.3 is 4.74 Å².